The summed E-state index contributed by atoms with van der Waals surface area (Å²) in [6, 6.07) is 4.40. The van der Waals surface area contributed by atoms with Crippen LogP contribution in [0.1, 0.15) is 122 Å². The summed E-state index contributed by atoms with van der Waals surface area (Å²) in [4.78, 5) is 0. The Balaban J connectivity index is 1.79. The summed E-state index contributed by atoms with van der Waals surface area (Å²) in [5.41, 5.74) is 20.1. The maximum absolute atomic E-state index is 10.9. The molecular weight excluding hydrogens is 396 g/mol. The topological polar surface area (TPSA) is 92.5 Å². The minimum Gasteiger partial charge on any atom is -0.505 e. The van der Waals surface area contributed by atoms with Crippen molar-refractivity contribution in [2.24, 2.45) is 0 Å². The highest BCUT2D eigenvalue weighted by Crippen LogP contribution is 2.47. The quantitative estimate of drug-likeness (QED) is 0.303. The van der Waals surface area contributed by atoms with E-state index in [0.29, 0.717) is 23.2 Å². The van der Waals surface area contributed by atoms with Crippen LogP contribution < -0.4 is 11.5 Å². The van der Waals surface area contributed by atoms with E-state index in [0.717, 1.165) is 59.1 Å². The third-order valence-corrected chi connectivity index (χ3v) is 8.38. The van der Waals surface area contributed by atoms with Crippen LogP contribution in [-0.2, 0) is 0 Å². The van der Waals surface area contributed by atoms with Crippen LogP contribution in [0.5, 0.6) is 11.5 Å². The summed E-state index contributed by atoms with van der Waals surface area (Å²) in [6.07, 6.45) is 11.8. The van der Waals surface area contributed by atoms with Crippen LogP contribution in [0.15, 0.2) is 12.1 Å². The van der Waals surface area contributed by atoms with Gasteiger partial charge in [0, 0.05) is 5.92 Å². The van der Waals surface area contributed by atoms with E-state index in [-0.39, 0.29) is 17.4 Å². The molecule has 2 aliphatic rings. The maximum Gasteiger partial charge on any atom is 0.142 e. The third-order valence-electron chi connectivity index (χ3n) is 8.38. The molecule has 2 aromatic carbocycles. The van der Waals surface area contributed by atoms with Gasteiger partial charge in [-0.25, -0.2) is 0 Å². The largest absolute Gasteiger partial charge is 0.505 e. The SMILES string of the molecule is Cc1c(C(C)c2cc(C3CCCCC3)c(O)c(N)c2C)cc(C2CCCCC2)c(O)c1N. The van der Waals surface area contributed by atoms with Gasteiger partial charge in [0.25, 0.3) is 0 Å². The maximum atomic E-state index is 10.9. The molecule has 0 aliphatic heterocycles. The fourth-order valence-electron chi connectivity index (χ4n) is 6.18. The van der Waals surface area contributed by atoms with Crippen LogP contribution in [0, 0.1) is 13.8 Å². The predicted molar refractivity (Wildman–Crippen MR) is 134 cm³/mol. The average Bonchev–Trinajstić information content (AvgIpc) is 2.82. The van der Waals surface area contributed by atoms with Crippen molar-refractivity contribution in [1.29, 1.82) is 0 Å². The van der Waals surface area contributed by atoms with E-state index in [4.69, 9.17) is 11.5 Å². The second-order valence-electron chi connectivity index (χ2n) is 10.3. The third kappa shape index (κ3) is 4.04. The second kappa shape index (κ2) is 9.25. The van der Waals surface area contributed by atoms with Crippen LogP contribution in [0.4, 0.5) is 11.4 Å². The summed E-state index contributed by atoms with van der Waals surface area (Å²) in [5, 5.41) is 21.8. The van der Waals surface area contributed by atoms with Crippen LogP contribution in [0.25, 0.3) is 0 Å². The fraction of sp³-hybridized carbons (Fsp3) is 0.571. The van der Waals surface area contributed by atoms with Crippen molar-refractivity contribution in [3.8, 4) is 11.5 Å². The predicted octanol–water partition coefficient (Wildman–Crippen LogP) is 7.13. The van der Waals surface area contributed by atoms with E-state index in [9.17, 15) is 10.2 Å². The molecule has 2 saturated carbocycles. The van der Waals surface area contributed by atoms with Gasteiger partial charge >= 0.3 is 0 Å². The molecule has 174 valence electrons. The van der Waals surface area contributed by atoms with Gasteiger partial charge < -0.3 is 21.7 Å². The number of benzene rings is 2. The van der Waals surface area contributed by atoms with Gasteiger partial charge in [0.2, 0.25) is 0 Å². The van der Waals surface area contributed by atoms with Crippen LogP contribution >= 0.6 is 0 Å². The monoisotopic (exact) mass is 436 g/mol. The highest BCUT2D eigenvalue weighted by atomic mass is 16.3. The number of aromatic hydroxyl groups is 2. The molecule has 6 N–H and O–H groups in total. The van der Waals surface area contributed by atoms with Gasteiger partial charge in [-0.15, -0.1) is 0 Å². The lowest BCUT2D eigenvalue weighted by atomic mass is 9.77. The van der Waals surface area contributed by atoms with Gasteiger partial charge in [-0.3, -0.25) is 0 Å². The Morgan fingerprint density at radius 2 is 1.03 bits per heavy atom. The Morgan fingerprint density at radius 1 is 0.688 bits per heavy atom. The van der Waals surface area contributed by atoms with Crippen molar-refractivity contribution in [2.75, 3.05) is 11.5 Å². The van der Waals surface area contributed by atoms with Crippen molar-refractivity contribution in [3.05, 3.63) is 45.5 Å². The first kappa shape index (κ1) is 22.8. The van der Waals surface area contributed by atoms with Crippen molar-refractivity contribution in [3.63, 3.8) is 0 Å². The Bertz CT molecular complexity index is 906. The first-order chi connectivity index (χ1) is 15.3. The molecule has 0 unspecified atom stereocenters. The molecule has 0 amide bonds. The molecule has 32 heavy (non-hydrogen) atoms. The number of hydrogen-bond acceptors (Lipinski definition) is 4. The number of nitrogens with two attached hydrogens (primary N) is 2. The summed E-state index contributed by atoms with van der Waals surface area (Å²) in [5.74, 6) is 1.37. The normalized spacial score (nSPS) is 18.4. The van der Waals surface area contributed by atoms with E-state index in [1.807, 2.05) is 13.8 Å². The zero-order chi connectivity index (χ0) is 23.0. The minimum absolute atomic E-state index is 0.0745. The molecule has 0 aromatic heterocycles. The van der Waals surface area contributed by atoms with E-state index < -0.39 is 0 Å². The molecule has 0 saturated heterocycles. The van der Waals surface area contributed by atoms with Gasteiger partial charge in [0.05, 0.1) is 11.4 Å². The van der Waals surface area contributed by atoms with E-state index in [2.05, 4.69) is 19.1 Å². The fourth-order valence-corrected chi connectivity index (χ4v) is 6.18. The molecule has 0 heterocycles. The lowest BCUT2D eigenvalue weighted by Crippen LogP contribution is -2.12. The zero-order valence-corrected chi connectivity index (χ0v) is 20.0. The second-order valence-corrected chi connectivity index (χ2v) is 10.3. The Morgan fingerprint density at radius 3 is 1.38 bits per heavy atom. The highest BCUT2D eigenvalue weighted by molar-refractivity contribution is 5.69. The summed E-state index contributed by atoms with van der Waals surface area (Å²) < 4.78 is 0. The van der Waals surface area contributed by atoms with E-state index in [1.54, 1.807) is 0 Å². The number of hydrogen-bond donors (Lipinski definition) is 4. The van der Waals surface area contributed by atoms with Crippen molar-refractivity contribution in [2.45, 2.75) is 103 Å². The number of rotatable bonds is 4. The zero-order valence-electron chi connectivity index (χ0n) is 20.0. The van der Waals surface area contributed by atoms with E-state index in [1.165, 1.54) is 38.5 Å². The van der Waals surface area contributed by atoms with Gasteiger partial charge in [-0.2, -0.15) is 0 Å². The smallest absolute Gasteiger partial charge is 0.142 e. The van der Waals surface area contributed by atoms with Crippen LogP contribution in [0.3, 0.4) is 0 Å². The molecular formula is C28H40N2O2. The first-order valence-electron chi connectivity index (χ1n) is 12.5. The minimum atomic E-state index is 0.0745. The molecule has 0 radical (unpaired) electrons. The molecule has 2 aromatic rings. The molecule has 0 bridgehead atoms. The Hall–Kier alpha value is -2.36. The molecule has 4 rings (SSSR count). The van der Waals surface area contributed by atoms with E-state index >= 15 is 0 Å². The summed E-state index contributed by atoms with van der Waals surface area (Å²) in [6.45, 7) is 6.21. The number of nitrogen functional groups attached to an aromatic ring is 2. The average molecular weight is 437 g/mol. The van der Waals surface area contributed by atoms with Crippen LogP contribution in [0.2, 0.25) is 0 Å². The van der Waals surface area contributed by atoms with Gasteiger partial charge in [0.15, 0.2) is 0 Å². The lowest BCUT2D eigenvalue weighted by molar-refractivity contribution is 0.414. The molecule has 2 aliphatic carbocycles. The van der Waals surface area contributed by atoms with Crippen molar-refractivity contribution >= 4 is 11.4 Å². The van der Waals surface area contributed by atoms with Crippen molar-refractivity contribution < 1.29 is 10.2 Å². The Labute approximate surface area is 193 Å². The number of phenolic OH excluding ortho intramolecular Hbond substituents is 2. The molecule has 4 heteroatoms. The van der Waals surface area contributed by atoms with Crippen LogP contribution in [-0.4, -0.2) is 10.2 Å². The van der Waals surface area contributed by atoms with Crippen molar-refractivity contribution in [1.82, 2.24) is 0 Å². The Kier molecular flexibility index (Phi) is 6.60. The summed E-state index contributed by atoms with van der Waals surface area (Å²) >= 11 is 0. The number of anilines is 2. The van der Waals surface area contributed by atoms with Gasteiger partial charge in [-0.1, -0.05) is 57.6 Å². The molecule has 0 atom stereocenters. The van der Waals surface area contributed by atoms with Gasteiger partial charge in [-0.05, 0) is 84.7 Å². The lowest BCUT2D eigenvalue weighted by Gasteiger charge is -2.29. The number of phenols is 2. The highest BCUT2D eigenvalue weighted by Gasteiger charge is 2.27. The summed E-state index contributed by atoms with van der Waals surface area (Å²) in [7, 11) is 0. The molecule has 4 nitrogen and oxygen atoms in total. The van der Waals surface area contributed by atoms with Gasteiger partial charge in [0.1, 0.15) is 11.5 Å². The molecule has 0 spiro atoms. The first-order valence-corrected chi connectivity index (χ1v) is 12.5. The molecule has 2 fully saturated rings. The standard InChI is InChI=1S/C28H40N2O2/c1-16(21-14-23(19-10-6-4-7-11-19)27(31)25(29)17(21)2)22-15-24(20-12-8-5-9-13-20)28(32)26(30)18(22)3/h14-16,19-20,31-32H,4-13,29-30H2,1-3H3.